The van der Waals surface area contributed by atoms with Crippen molar-refractivity contribution < 1.29 is 4.84 Å². The van der Waals surface area contributed by atoms with E-state index in [1.807, 2.05) is 0 Å². The van der Waals surface area contributed by atoms with Gasteiger partial charge in [-0.05, 0) is 0 Å². The van der Waals surface area contributed by atoms with E-state index in [4.69, 9.17) is 16.9 Å². The first-order valence-electron chi connectivity index (χ1n) is 2.14. The van der Waals surface area contributed by atoms with Crippen LogP contribution in [-0.2, 0) is 4.84 Å². The van der Waals surface area contributed by atoms with Crippen LogP contribution in [0.1, 0.15) is 0 Å². The molecule has 0 unspecified atom stereocenters. The van der Waals surface area contributed by atoms with Gasteiger partial charge in [-0.1, -0.05) is 0 Å². The lowest BCUT2D eigenvalue weighted by Gasteiger charge is -1.99. The lowest BCUT2D eigenvalue weighted by Crippen LogP contribution is -2.31. The summed E-state index contributed by atoms with van der Waals surface area (Å²) < 4.78 is 0. The van der Waals surface area contributed by atoms with Crippen LogP contribution >= 0.6 is 0 Å². The molecule has 5 N–H and O–H groups in total. The molecule has 0 aromatic rings. The monoisotopic (exact) mass is 117 g/mol. The third-order valence-electron chi connectivity index (χ3n) is 0.386. The zero-order valence-electron chi connectivity index (χ0n) is 4.40. The highest BCUT2D eigenvalue weighted by atomic mass is 16.6. The van der Waals surface area contributed by atoms with E-state index in [1.165, 1.54) is 0 Å². The van der Waals surface area contributed by atoms with Crippen LogP contribution in [0.2, 0.25) is 0 Å². The standard InChI is InChI=1S/C3H9N4O/c4-1-2-8-7-3(5)6/h4H,1-2H2,(H4,5,6,7). The van der Waals surface area contributed by atoms with Crippen LogP contribution in [0.3, 0.4) is 0 Å². The average molecular weight is 117 g/mol. The number of guanidine groups is 1. The molecule has 0 rings (SSSR count). The predicted molar refractivity (Wildman–Crippen MR) is 29.0 cm³/mol. The molecule has 0 aliphatic carbocycles. The van der Waals surface area contributed by atoms with Crippen molar-refractivity contribution in [2.24, 2.45) is 5.73 Å². The van der Waals surface area contributed by atoms with Gasteiger partial charge in [0.2, 0.25) is 5.96 Å². The summed E-state index contributed by atoms with van der Waals surface area (Å²) in [5.41, 5.74) is 13.5. The van der Waals surface area contributed by atoms with Crippen molar-refractivity contribution in [2.45, 2.75) is 0 Å². The van der Waals surface area contributed by atoms with E-state index >= 15 is 0 Å². The van der Waals surface area contributed by atoms with Crippen molar-refractivity contribution in [2.75, 3.05) is 13.2 Å². The van der Waals surface area contributed by atoms with Gasteiger partial charge in [-0.3, -0.25) is 16.0 Å². The average Bonchev–Trinajstić information content (AvgIpc) is 1.66. The van der Waals surface area contributed by atoms with Gasteiger partial charge in [0, 0.05) is 6.54 Å². The third-order valence-corrected chi connectivity index (χ3v) is 0.386. The summed E-state index contributed by atoms with van der Waals surface area (Å²) >= 11 is 0. The second kappa shape index (κ2) is 4.35. The maximum atomic E-state index is 6.57. The fourth-order valence-electron chi connectivity index (χ4n) is 0.180. The largest absolute Gasteiger partial charge is 0.368 e. The van der Waals surface area contributed by atoms with Gasteiger partial charge < -0.3 is 5.73 Å². The normalized spacial score (nSPS) is 8.62. The first-order chi connectivity index (χ1) is 3.77. The topological polar surface area (TPSA) is 94.9 Å². The van der Waals surface area contributed by atoms with E-state index < -0.39 is 0 Å². The molecule has 0 saturated heterocycles. The molecule has 0 bridgehead atoms. The molecule has 0 aromatic carbocycles. The summed E-state index contributed by atoms with van der Waals surface area (Å²) in [5.74, 6) is -0.238. The number of hydrogen-bond donors (Lipinski definition) is 3. The summed E-state index contributed by atoms with van der Waals surface area (Å²) in [5, 5.41) is 6.55. The van der Waals surface area contributed by atoms with Crippen LogP contribution < -0.4 is 16.9 Å². The second-order valence-electron chi connectivity index (χ2n) is 1.11. The number of nitrogens with two attached hydrogens (primary N) is 1. The summed E-state index contributed by atoms with van der Waals surface area (Å²) in [6.45, 7) is 0.417. The molecule has 5 nitrogen and oxygen atoms in total. The maximum absolute atomic E-state index is 6.57. The number of hydroxylamine groups is 1. The van der Waals surface area contributed by atoms with E-state index in [0.29, 0.717) is 0 Å². The van der Waals surface area contributed by atoms with Gasteiger partial charge in [0.1, 0.15) is 0 Å². The molecule has 47 valence electrons. The molecule has 5 heteroatoms. The maximum Gasteiger partial charge on any atom is 0.210 e. The number of rotatable bonds is 3. The van der Waals surface area contributed by atoms with Crippen LogP contribution in [0, 0.1) is 5.41 Å². The second-order valence-corrected chi connectivity index (χ2v) is 1.11. The van der Waals surface area contributed by atoms with Gasteiger partial charge >= 0.3 is 0 Å². The zero-order chi connectivity index (χ0) is 6.41. The van der Waals surface area contributed by atoms with Crippen molar-refractivity contribution >= 4 is 5.96 Å². The molecule has 8 heavy (non-hydrogen) atoms. The van der Waals surface area contributed by atoms with Crippen LogP contribution in [0.5, 0.6) is 0 Å². The van der Waals surface area contributed by atoms with Crippen LogP contribution in [0.25, 0.3) is 0 Å². The third kappa shape index (κ3) is 5.19. The van der Waals surface area contributed by atoms with Crippen molar-refractivity contribution in [1.82, 2.24) is 11.2 Å². The summed E-state index contributed by atoms with van der Waals surface area (Å²) in [6.07, 6.45) is 0. The Bertz CT molecular complexity index is 73.7. The Balaban J connectivity index is 2.82. The molecule has 0 atom stereocenters. The van der Waals surface area contributed by atoms with Crippen molar-refractivity contribution in [3.05, 3.63) is 0 Å². The van der Waals surface area contributed by atoms with Gasteiger partial charge in [0.05, 0.1) is 6.61 Å². The van der Waals surface area contributed by atoms with Crippen LogP contribution in [0.4, 0.5) is 0 Å². The minimum absolute atomic E-state index is 0.167. The lowest BCUT2D eigenvalue weighted by molar-refractivity contribution is 0.0895. The Morgan fingerprint density at radius 3 is 2.75 bits per heavy atom. The minimum atomic E-state index is -0.238. The molecular weight excluding hydrogens is 108 g/mol. The van der Waals surface area contributed by atoms with E-state index in [1.54, 1.807) is 0 Å². The van der Waals surface area contributed by atoms with E-state index in [-0.39, 0.29) is 19.1 Å². The molecule has 0 fully saturated rings. The highest BCUT2D eigenvalue weighted by molar-refractivity contribution is 5.72. The number of nitrogens with one attached hydrogen (secondary N) is 3. The highest BCUT2D eigenvalue weighted by Crippen LogP contribution is 1.60. The Kier molecular flexibility index (Phi) is 3.91. The minimum Gasteiger partial charge on any atom is -0.368 e. The van der Waals surface area contributed by atoms with E-state index in [9.17, 15) is 0 Å². The predicted octanol–water partition coefficient (Wildman–Crippen LogP) is -1.32. The molecular formula is C3H9N4O. The number of hydrogen-bond acceptors (Lipinski definition) is 2. The quantitative estimate of drug-likeness (QED) is 0.185. The molecule has 1 radical (unpaired) electrons. The fourth-order valence-corrected chi connectivity index (χ4v) is 0.180. The molecule has 0 aromatic heterocycles. The van der Waals surface area contributed by atoms with Gasteiger partial charge in [0.25, 0.3) is 0 Å². The molecule has 0 aliphatic heterocycles. The summed E-state index contributed by atoms with van der Waals surface area (Å²) in [4.78, 5) is 4.46. The van der Waals surface area contributed by atoms with E-state index in [0.717, 1.165) is 0 Å². The molecule has 0 aliphatic rings. The molecule has 0 spiro atoms. The highest BCUT2D eigenvalue weighted by Gasteiger charge is 1.82. The fraction of sp³-hybridized carbons (Fsp3) is 0.667. The molecule has 0 heterocycles. The van der Waals surface area contributed by atoms with E-state index in [2.05, 4.69) is 10.3 Å². The Morgan fingerprint density at radius 2 is 2.38 bits per heavy atom. The smallest absolute Gasteiger partial charge is 0.210 e. The van der Waals surface area contributed by atoms with Gasteiger partial charge in [0.15, 0.2) is 0 Å². The summed E-state index contributed by atoms with van der Waals surface area (Å²) in [6, 6.07) is 0. The first-order valence-corrected chi connectivity index (χ1v) is 2.14. The van der Waals surface area contributed by atoms with Crippen LogP contribution in [-0.4, -0.2) is 19.1 Å². The lowest BCUT2D eigenvalue weighted by atomic mass is 10.8. The molecule has 0 amide bonds. The Labute approximate surface area is 47.5 Å². The van der Waals surface area contributed by atoms with Crippen molar-refractivity contribution in [1.29, 1.82) is 5.41 Å². The van der Waals surface area contributed by atoms with Gasteiger partial charge in [-0.25, -0.2) is 5.48 Å². The SMILES string of the molecule is [NH]CCONC(=N)N. The summed E-state index contributed by atoms with van der Waals surface area (Å²) in [7, 11) is 0. The van der Waals surface area contributed by atoms with Crippen LogP contribution in [0.15, 0.2) is 0 Å². The Morgan fingerprint density at radius 1 is 1.75 bits per heavy atom. The molecule has 0 saturated carbocycles. The van der Waals surface area contributed by atoms with Crippen molar-refractivity contribution in [3.63, 3.8) is 0 Å². The Hall–Kier alpha value is -0.810. The van der Waals surface area contributed by atoms with Gasteiger partial charge in [-0.15, -0.1) is 0 Å². The van der Waals surface area contributed by atoms with Gasteiger partial charge in [-0.2, -0.15) is 0 Å². The zero-order valence-corrected chi connectivity index (χ0v) is 4.40. The first kappa shape index (κ1) is 7.19. The van der Waals surface area contributed by atoms with Crippen molar-refractivity contribution in [3.8, 4) is 0 Å².